The second-order valence-electron chi connectivity index (χ2n) is 7.81. The molecule has 0 radical (unpaired) electrons. The highest BCUT2D eigenvalue weighted by Gasteiger charge is 2.30. The fourth-order valence-corrected chi connectivity index (χ4v) is 3.89. The molecule has 2 aliphatic rings. The van der Waals surface area contributed by atoms with Gasteiger partial charge in [-0.25, -0.2) is 0 Å². The Morgan fingerprint density at radius 1 is 1.17 bits per heavy atom. The van der Waals surface area contributed by atoms with Crippen molar-refractivity contribution in [2.45, 2.75) is 51.9 Å². The molecule has 1 aliphatic carbocycles. The van der Waals surface area contributed by atoms with Gasteiger partial charge >= 0.3 is 0 Å². The number of hydrogen-bond donors (Lipinski definition) is 0. The molecule has 1 saturated heterocycles. The van der Waals surface area contributed by atoms with Crippen molar-refractivity contribution in [2.24, 2.45) is 5.92 Å². The predicted molar refractivity (Wildman–Crippen MR) is 107 cm³/mol. The van der Waals surface area contributed by atoms with Crippen LogP contribution in [0.5, 0.6) is 11.5 Å². The Balaban J connectivity index is 1.41. The van der Waals surface area contributed by atoms with Gasteiger partial charge in [-0.2, -0.15) is 4.98 Å². The number of likely N-dealkylation sites (tertiary alicyclic amines) is 1. The van der Waals surface area contributed by atoms with Crippen molar-refractivity contribution in [3.8, 4) is 11.5 Å². The average molecular weight is 399 g/mol. The first-order valence-corrected chi connectivity index (χ1v) is 10.7. The highest BCUT2D eigenvalue weighted by Crippen LogP contribution is 2.38. The average Bonchev–Trinajstić information content (AvgIpc) is 3.49. The van der Waals surface area contributed by atoms with Gasteiger partial charge in [0.05, 0.1) is 13.2 Å². The molecule has 2 aromatic rings. The van der Waals surface area contributed by atoms with Gasteiger partial charge in [0.15, 0.2) is 17.3 Å². The summed E-state index contributed by atoms with van der Waals surface area (Å²) in [6.07, 6.45) is 5.11. The van der Waals surface area contributed by atoms with Crippen LogP contribution in [0.4, 0.5) is 0 Å². The number of aromatic nitrogens is 2. The quantitative estimate of drug-likeness (QED) is 0.671. The monoisotopic (exact) mass is 399 g/mol. The van der Waals surface area contributed by atoms with Crippen molar-refractivity contribution in [1.82, 2.24) is 15.0 Å². The third-order valence-corrected chi connectivity index (χ3v) is 5.49. The Morgan fingerprint density at radius 3 is 2.72 bits per heavy atom. The van der Waals surface area contributed by atoms with Crippen molar-refractivity contribution >= 4 is 5.91 Å². The highest BCUT2D eigenvalue weighted by atomic mass is 16.5. The molecule has 1 aromatic heterocycles. The van der Waals surface area contributed by atoms with Crippen LogP contribution < -0.4 is 9.47 Å². The van der Waals surface area contributed by atoms with Gasteiger partial charge in [-0.15, -0.1) is 0 Å². The SMILES string of the molecule is CCOc1ccc(C(=O)N2CCC[C@@H](Cc3nc(C4CC4)no3)C2)cc1OCC. The third-order valence-electron chi connectivity index (χ3n) is 5.49. The molecule has 1 aromatic carbocycles. The first-order chi connectivity index (χ1) is 14.2. The van der Waals surface area contributed by atoms with E-state index in [9.17, 15) is 4.79 Å². The van der Waals surface area contributed by atoms with Gasteiger partial charge in [0.25, 0.3) is 5.91 Å². The number of rotatable bonds is 8. The minimum absolute atomic E-state index is 0.0305. The van der Waals surface area contributed by atoms with Crippen molar-refractivity contribution in [3.05, 3.63) is 35.5 Å². The second-order valence-corrected chi connectivity index (χ2v) is 7.81. The standard InChI is InChI=1S/C22H29N3O4/c1-3-27-18-10-9-17(13-19(18)28-4-2)22(26)25-11-5-6-15(14-25)12-20-23-21(24-29-20)16-7-8-16/h9-10,13,15-16H,3-8,11-12,14H2,1-2H3/t15-/m0/s1. The normalized spacial score (nSPS) is 19.2. The second kappa shape index (κ2) is 8.84. The topological polar surface area (TPSA) is 77.7 Å². The number of benzene rings is 1. The van der Waals surface area contributed by atoms with Crippen LogP contribution in [0.2, 0.25) is 0 Å². The first-order valence-electron chi connectivity index (χ1n) is 10.7. The summed E-state index contributed by atoms with van der Waals surface area (Å²) in [6, 6.07) is 5.43. The maximum absolute atomic E-state index is 13.1. The summed E-state index contributed by atoms with van der Waals surface area (Å²) in [5.41, 5.74) is 0.631. The van der Waals surface area contributed by atoms with E-state index < -0.39 is 0 Å². The highest BCUT2D eigenvalue weighted by molar-refractivity contribution is 5.95. The van der Waals surface area contributed by atoms with E-state index in [4.69, 9.17) is 14.0 Å². The summed E-state index contributed by atoms with van der Waals surface area (Å²) in [5, 5.41) is 4.10. The lowest BCUT2D eigenvalue weighted by Crippen LogP contribution is -2.40. The molecular formula is C22H29N3O4. The Hall–Kier alpha value is -2.57. The molecule has 156 valence electrons. The van der Waals surface area contributed by atoms with Crippen LogP contribution >= 0.6 is 0 Å². The molecule has 0 bridgehead atoms. The minimum atomic E-state index is 0.0305. The van der Waals surface area contributed by atoms with E-state index in [-0.39, 0.29) is 5.91 Å². The zero-order valence-corrected chi connectivity index (χ0v) is 17.2. The fourth-order valence-electron chi connectivity index (χ4n) is 3.89. The van der Waals surface area contributed by atoms with Crippen LogP contribution in [0.25, 0.3) is 0 Å². The molecule has 1 atom stereocenters. The van der Waals surface area contributed by atoms with Gasteiger partial charge < -0.3 is 18.9 Å². The summed E-state index contributed by atoms with van der Waals surface area (Å²) in [6.45, 7) is 6.40. The number of amides is 1. The van der Waals surface area contributed by atoms with Crippen molar-refractivity contribution in [2.75, 3.05) is 26.3 Å². The summed E-state index contributed by atoms with van der Waals surface area (Å²) >= 11 is 0. The zero-order valence-electron chi connectivity index (χ0n) is 17.2. The third kappa shape index (κ3) is 4.71. The number of carbonyl (C=O) groups excluding carboxylic acids is 1. The molecule has 0 N–H and O–H groups in total. The van der Waals surface area contributed by atoms with Gasteiger partial charge in [0.1, 0.15) is 0 Å². The molecule has 7 heteroatoms. The van der Waals surface area contributed by atoms with Gasteiger partial charge in [-0.1, -0.05) is 5.16 Å². The van der Waals surface area contributed by atoms with Crippen molar-refractivity contribution in [1.29, 1.82) is 0 Å². The van der Waals surface area contributed by atoms with Crippen LogP contribution in [-0.4, -0.2) is 47.3 Å². The summed E-state index contributed by atoms with van der Waals surface area (Å²) in [5.74, 6) is 3.71. The number of piperidine rings is 1. The predicted octanol–water partition coefficient (Wildman–Crippen LogP) is 3.84. The Bertz CT molecular complexity index is 846. The Labute approximate surface area is 171 Å². The number of hydrogen-bond acceptors (Lipinski definition) is 6. The van der Waals surface area contributed by atoms with Gasteiger partial charge in [-0.3, -0.25) is 4.79 Å². The molecule has 2 heterocycles. The van der Waals surface area contributed by atoms with Gasteiger partial charge in [0.2, 0.25) is 5.89 Å². The van der Waals surface area contributed by atoms with E-state index in [0.717, 1.165) is 44.5 Å². The lowest BCUT2D eigenvalue weighted by Gasteiger charge is -2.32. The summed E-state index contributed by atoms with van der Waals surface area (Å²) in [7, 11) is 0. The minimum Gasteiger partial charge on any atom is -0.490 e. The summed E-state index contributed by atoms with van der Waals surface area (Å²) < 4.78 is 16.7. The molecule has 1 saturated carbocycles. The smallest absolute Gasteiger partial charge is 0.254 e. The first kappa shape index (κ1) is 19.7. The molecule has 29 heavy (non-hydrogen) atoms. The molecule has 0 unspecified atom stereocenters. The number of nitrogens with zero attached hydrogens (tertiary/aromatic N) is 3. The van der Waals surface area contributed by atoms with E-state index >= 15 is 0 Å². The summed E-state index contributed by atoms with van der Waals surface area (Å²) in [4.78, 5) is 19.6. The maximum atomic E-state index is 13.1. The van der Waals surface area contributed by atoms with Crippen LogP contribution in [-0.2, 0) is 6.42 Å². The van der Waals surface area contributed by atoms with Crippen LogP contribution in [0.15, 0.2) is 22.7 Å². The van der Waals surface area contributed by atoms with Crippen molar-refractivity contribution < 1.29 is 18.8 Å². The molecule has 7 nitrogen and oxygen atoms in total. The van der Waals surface area contributed by atoms with Gasteiger partial charge in [-0.05, 0) is 63.6 Å². The maximum Gasteiger partial charge on any atom is 0.254 e. The van der Waals surface area contributed by atoms with E-state index in [0.29, 0.717) is 54.5 Å². The van der Waals surface area contributed by atoms with Crippen LogP contribution in [0, 0.1) is 5.92 Å². The molecular weight excluding hydrogens is 370 g/mol. The lowest BCUT2D eigenvalue weighted by atomic mass is 9.94. The van der Waals surface area contributed by atoms with Gasteiger partial charge in [0, 0.05) is 31.0 Å². The van der Waals surface area contributed by atoms with Crippen molar-refractivity contribution in [3.63, 3.8) is 0 Å². The molecule has 1 amide bonds. The number of carbonyl (C=O) groups is 1. The zero-order chi connectivity index (χ0) is 20.2. The van der Waals surface area contributed by atoms with E-state index in [1.54, 1.807) is 6.07 Å². The largest absolute Gasteiger partial charge is 0.490 e. The molecule has 2 fully saturated rings. The Kier molecular flexibility index (Phi) is 6.02. The Morgan fingerprint density at radius 2 is 1.97 bits per heavy atom. The molecule has 0 spiro atoms. The van der Waals surface area contributed by atoms with E-state index in [1.807, 2.05) is 30.9 Å². The van der Waals surface area contributed by atoms with Crippen LogP contribution in [0.3, 0.4) is 0 Å². The molecule has 1 aliphatic heterocycles. The van der Waals surface area contributed by atoms with E-state index in [1.165, 1.54) is 0 Å². The van der Waals surface area contributed by atoms with Crippen LogP contribution in [0.1, 0.15) is 67.5 Å². The van der Waals surface area contributed by atoms with E-state index in [2.05, 4.69) is 10.1 Å². The lowest BCUT2D eigenvalue weighted by molar-refractivity contribution is 0.0667. The number of ether oxygens (including phenoxy) is 2. The molecule has 4 rings (SSSR count). The fraction of sp³-hybridized carbons (Fsp3) is 0.591.